The van der Waals surface area contributed by atoms with Crippen molar-refractivity contribution < 1.29 is 13.6 Å². The number of halogens is 2. The van der Waals surface area contributed by atoms with Gasteiger partial charge in [-0.25, -0.2) is 8.78 Å². The number of rotatable bonds is 3. The Kier molecular flexibility index (Phi) is 3.85. The van der Waals surface area contributed by atoms with Gasteiger partial charge in [-0.2, -0.15) is 0 Å². The van der Waals surface area contributed by atoms with Gasteiger partial charge in [0.2, 0.25) is 0 Å². The van der Waals surface area contributed by atoms with Crippen molar-refractivity contribution >= 4 is 11.9 Å². The van der Waals surface area contributed by atoms with E-state index >= 15 is 0 Å². The number of ketones is 1. The smallest absolute Gasteiger partial charge is 0.191 e. The third kappa shape index (κ3) is 2.94. The standard InChI is InChI=1S/C16H12F2O/c1-11-5-2-3-6-12(11)9-10-15(19)16-13(17)7-4-8-14(16)18/h2-10H,1H3/b10-9+. The molecule has 0 radical (unpaired) electrons. The summed E-state index contributed by atoms with van der Waals surface area (Å²) in [6.45, 7) is 1.90. The highest BCUT2D eigenvalue weighted by Crippen LogP contribution is 2.15. The van der Waals surface area contributed by atoms with Crippen molar-refractivity contribution in [2.45, 2.75) is 6.92 Å². The monoisotopic (exact) mass is 258 g/mol. The van der Waals surface area contributed by atoms with Crippen molar-refractivity contribution in [2.75, 3.05) is 0 Å². The van der Waals surface area contributed by atoms with Crippen LogP contribution < -0.4 is 0 Å². The van der Waals surface area contributed by atoms with E-state index in [-0.39, 0.29) is 0 Å². The summed E-state index contributed by atoms with van der Waals surface area (Å²) in [5, 5.41) is 0. The van der Waals surface area contributed by atoms with Gasteiger partial charge in [0.25, 0.3) is 0 Å². The predicted molar refractivity (Wildman–Crippen MR) is 70.9 cm³/mol. The van der Waals surface area contributed by atoms with Crippen LogP contribution >= 0.6 is 0 Å². The van der Waals surface area contributed by atoms with Crippen molar-refractivity contribution in [3.8, 4) is 0 Å². The first-order valence-electron chi connectivity index (χ1n) is 5.81. The summed E-state index contributed by atoms with van der Waals surface area (Å²) in [5.74, 6) is -2.38. The molecule has 0 fully saturated rings. The molecule has 0 spiro atoms. The Labute approximate surface area is 110 Å². The average molecular weight is 258 g/mol. The second-order valence-electron chi connectivity index (χ2n) is 4.15. The van der Waals surface area contributed by atoms with Crippen molar-refractivity contribution in [3.05, 3.63) is 76.9 Å². The Bertz CT molecular complexity index is 625. The summed E-state index contributed by atoms with van der Waals surface area (Å²) in [6, 6.07) is 10.8. The molecule has 2 aromatic rings. The fourth-order valence-electron chi connectivity index (χ4n) is 1.76. The number of benzene rings is 2. The number of carbonyl (C=O) groups is 1. The first kappa shape index (κ1) is 13.1. The molecule has 0 aliphatic heterocycles. The molecule has 96 valence electrons. The van der Waals surface area contributed by atoms with Gasteiger partial charge in [0, 0.05) is 0 Å². The van der Waals surface area contributed by atoms with E-state index in [1.165, 1.54) is 12.1 Å². The fraction of sp³-hybridized carbons (Fsp3) is 0.0625. The van der Waals surface area contributed by atoms with Gasteiger partial charge < -0.3 is 0 Å². The minimum Gasteiger partial charge on any atom is -0.289 e. The van der Waals surface area contributed by atoms with Crippen LogP contribution in [-0.2, 0) is 0 Å². The third-order valence-corrected chi connectivity index (χ3v) is 2.81. The highest BCUT2D eigenvalue weighted by Gasteiger charge is 2.14. The molecule has 0 saturated carbocycles. The highest BCUT2D eigenvalue weighted by molar-refractivity contribution is 6.07. The zero-order valence-electron chi connectivity index (χ0n) is 10.4. The molecule has 19 heavy (non-hydrogen) atoms. The zero-order chi connectivity index (χ0) is 13.8. The van der Waals surface area contributed by atoms with Crippen LogP contribution in [0.15, 0.2) is 48.5 Å². The molecule has 0 N–H and O–H groups in total. The van der Waals surface area contributed by atoms with Crippen molar-refractivity contribution in [1.82, 2.24) is 0 Å². The minimum absolute atomic E-state index is 0.521. The average Bonchev–Trinajstić information content (AvgIpc) is 2.37. The van der Waals surface area contributed by atoms with E-state index in [0.717, 1.165) is 23.3 Å². The van der Waals surface area contributed by atoms with Crippen molar-refractivity contribution in [1.29, 1.82) is 0 Å². The Morgan fingerprint density at radius 1 is 1.00 bits per heavy atom. The molecule has 0 aliphatic carbocycles. The quantitative estimate of drug-likeness (QED) is 0.596. The van der Waals surface area contributed by atoms with Crippen molar-refractivity contribution in [3.63, 3.8) is 0 Å². The lowest BCUT2D eigenvalue weighted by Gasteiger charge is -2.01. The van der Waals surface area contributed by atoms with Gasteiger partial charge in [-0.1, -0.05) is 36.4 Å². The molecule has 0 atom stereocenters. The molecular formula is C16H12F2O. The van der Waals surface area contributed by atoms with Crippen LogP contribution in [0.3, 0.4) is 0 Å². The summed E-state index contributed by atoms with van der Waals surface area (Å²) >= 11 is 0. The number of carbonyl (C=O) groups excluding carboxylic acids is 1. The van der Waals surface area contributed by atoms with Gasteiger partial charge in [-0.05, 0) is 36.3 Å². The normalized spacial score (nSPS) is 10.9. The Morgan fingerprint density at radius 2 is 1.63 bits per heavy atom. The predicted octanol–water partition coefficient (Wildman–Crippen LogP) is 4.17. The second kappa shape index (κ2) is 5.57. The van der Waals surface area contributed by atoms with Crippen LogP contribution in [0.1, 0.15) is 21.5 Å². The molecule has 2 aromatic carbocycles. The Morgan fingerprint density at radius 3 is 2.26 bits per heavy atom. The molecule has 0 aliphatic rings. The third-order valence-electron chi connectivity index (χ3n) is 2.81. The van der Waals surface area contributed by atoms with E-state index in [1.54, 1.807) is 6.08 Å². The SMILES string of the molecule is Cc1ccccc1/C=C/C(=O)c1c(F)cccc1F. The lowest BCUT2D eigenvalue weighted by atomic mass is 10.1. The lowest BCUT2D eigenvalue weighted by Crippen LogP contribution is -2.02. The Balaban J connectivity index is 2.30. The molecule has 0 unspecified atom stereocenters. The van der Waals surface area contributed by atoms with Gasteiger partial charge in [0.15, 0.2) is 5.78 Å². The van der Waals surface area contributed by atoms with Crippen LogP contribution in [0.2, 0.25) is 0 Å². The first-order valence-corrected chi connectivity index (χ1v) is 5.81. The maximum atomic E-state index is 13.4. The maximum Gasteiger partial charge on any atom is 0.191 e. The first-order chi connectivity index (χ1) is 9.09. The van der Waals surface area contributed by atoms with Gasteiger partial charge >= 0.3 is 0 Å². The van der Waals surface area contributed by atoms with E-state index in [4.69, 9.17) is 0 Å². The summed E-state index contributed by atoms with van der Waals surface area (Å²) in [7, 11) is 0. The number of allylic oxidation sites excluding steroid dienone is 1. The summed E-state index contributed by atoms with van der Waals surface area (Å²) in [5.41, 5.74) is 1.31. The summed E-state index contributed by atoms with van der Waals surface area (Å²) in [6.07, 6.45) is 2.74. The number of hydrogen-bond acceptors (Lipinski definition) is 1. The van der Waals surface area contributed by atoms with E-state index in [2.05, 4.69) is 0 Å². The maximum absolute atomic E-state index is 13.4. The van der Waals surface area contributed by atoms with Gasteiger partial charge in [0.1, 0.15) is 11.6 Å². The summed E-state index contributed by atoms with van der Waals surface area (Å²) in [4.78, 5) is 11.8. The number of aryl methyl sites for hydroxylation is 1. The highest BCUT2D eigenvalue weighted by atomic mass is 19.1. The van der Waals surface area contributed by atoms with Gasteiger partial charge in [-0.15, -0.1) is 0 Å². The van der Waals surface area contributed by atoms with E-state index < -0.39 is 23.0 Å². The van der Waals surface area contributed by atoms with Crippen LogP contribution in [0.4, 0.5) is 8.78 Å². The fourth-order valence-corrected chi connectivity index (χ4v) is 1.76. The van der Waals surface area contributed by atoms with Gasteiger partial charge in [0.05, 0.1) is 5.56 Å². The number of hydrogen-bond donors (Lipinski definition) is 0. The lowest BCUT2D eigenvalue weighted by molar-refractivity contribution is 0.104. The molecule has 2 rings (SSSR count). The molecule has 0 amide bonds. The zero-order valence-corrected chi connectivity index (χ0v) is 10.4. The van der Waals surface area contributed by atoms with Crippen LogP contribution in [0.5, 0.6) is 0 Å². The largest absolute Gasteiger partial charge is 0.289 e. The van der Waals surface area contributed by atoms with Crippen LogP contribution in [0, 0.1) is 18.6 Å². The molecule has 0 heterocycles. The van der Waals surface area contributed by atoms with E-state index in [9.17, 15) is 13.6 Å². The van der Waals surface area contributed by atoms with Crippen LogP contribution in [-0.4, -0.2) is 5.78 Å². The molecule has 1 nitrogen and oxygen atoms in total. The molecule has 3 heteroatoms. The van der Waals surface area contributed by atoms with Crippen molar-refractivity contribution in [2.24, 2.45) is 0 Å². The summed E-state index contributed by atoms with van der Waals surface area (Å²) < 4.78 is 26.8. The molecule has 0 aromatic heterocycles. The Hall–Kier alpha value is -2.29. The molecule has 0 saturated heterocycles. The van der Waals surface area contributed by atoms with Crippen LogP contribution in [0.25, 0.3) is 6.08 Å². The second-order valence-corrected chi connectivity index (χ2v) is 4.15. The van der Waals surface area contributed by atoms with Gasteiger partial charge in [-0.3, -0.25) is 4.79 Å². The topological polar surface area (TPSA) is 17.1 Å². The molecule has 0 bridgehead atoms. The van der Waals surface area contributed by atoms with E-state index in [1.807, 2.05) is 31.2 Å². The van der Waals surface area contributed by atoms with E-state index in [0.29, 0.717) is 0 Å². The minimum atomic E-state index is -0.848. The molecular weight excluding hydrogens is 246 g/mol.